The van der Waals surface area contributed by atoms with E-state index < -0.39 is 0 Å². The average Bonchev–Trinajstić information content (AvgIpc) is 3.83. The van der Waals surface area contributed by atoms with Crippen molar-refractivity contribution in [2.24, 2.45) is 0 Å². The Labute approximate surface area is 368 Å². The molecule has 1 heterocycles. The Morgan fingerprint density at radius 3 is 1.44 bits per heavy atom. The lowest BCUT2D eigenvalue weighted by Crippen LogP contribution is -2.16. The van der Waals surface area contributed by atoms with Gasteiger partial charge in [0.25, 0.3) is 0 Å². The van der Waals surface area contributed by atoms with Crippen molar-refractivity contribution in [1.29, 1.82) is 0 Å². The van der Waals surface area contributed by atoms with Gasteiger partial charge in [-0.2, -0.15) is 0 Å². The molecule has 11 aromatic rings. The number of anilines is 3. The second-order valence-electron chi connectivity index (χ2n) is 17.3. The van der Waals surface area contributed by atoms with Crippen LogP contribution in [0.2, 0.25) is 0 Å². The van der Waals surface area contributed by atoms with E-state index >= 15 is 0 Å². The van der Waals surface area contributed by atoms with E-state index in [1.165, 1.54) is 72.1 Å². The molecule has 0 saturated carbocycles. The van der Waals surface area contributed by atoms with Gasteiger partial charge < -0.3 is 9.32 Å². The lowest BCUT2D eigenvalue weighted by atomic mass is 9.81. The molecule has 0 spiro atoms. The Morgan fingerprint density at radius 2 is 0.778 bits per heavy atom. The van der Waals surface area contributed by atoms with Crippen molar-refractivity contribution in [3.8, 4) is 55.6 Å². The number of fused-ring (bicyclic) bond motifs is 8. The van der Waals surface area contributed by atoms with Crippen LogP contribution in [0.1, 0.15) is 25.0 Å². The number of hydrogen-bond acceptors (Lipinski definition) is 2. The van der Waals surface area contributed by atoms with Crippen LogP contribution in [0.3, 0.4) is 0 Å². The maximum absolute atomic E-state index is 6.37. The highest BCUT2D eigenvalue weighted by Gasteiger charge is 2.36. The first kappa shape index (κ1) is 36.9. The molecular formula is C61H43NO. The first-order valence-electron chi connectivity index (χ1n) is 21.8. The molecule has 0 atom stereocenters. The van der Waals surface area contributed by atoms with Gasteiger partial charge in [-0.3, -0.25) is 0 Å². The van der Waals surface area contributed by atoms with Crippen molar-refractivity contribution >= 4 is 49.8 Å². The average molecular weight is 806 g/mol. The SMILES string of the molecule is CC1(C)c2cc(-c3ccccc3)ccc2-c2ccc(N(c3ccccc3)c3ccc(-c4ccc(-c5ccc(-c6cc7c8ccccc8oc7c7ccccc67)cc5)cc4)cc3)cc21. The van der Waals surface area contributed by atoms with E-state index in [-0.39, 0.29) is 5.41 Å². The largest absolute Gasteiger partial charge is 0.455 e. The van der Waals surface area contributed by atoms with Gasteiger partial charge in [-0.05, 0) is 127 Å². The predicted molar refractivity (Wildman–Crippen MR) is 265 cm³/mol. The first-order chi connectivity index (χ1) is 31.0. The summed E-state index contributed by atoms with van der Waals surface area (Å²) in [5.74, 6) is 0. The van der Waals surface area contributed by atoms with E-state index in [2.05, 4.69) is 237 Å². The minimum Gasteiger partial charge on any atom is -0.455 e. The van der Waals surface area contributed by atoms with Gasteiger partial charge in [-0.15, -0.1) is 0 Å². The lowest BCUT2D eigenvalue weighted by Gasteiger charge is -2.28. The van der Waals surface area contributed by atoms with E-state index in [1.54, 1.807) is 0 Å². The third-order valence-corrected chi connectivity index (χ3v) is 13.3. The van der Waals surface area contributed by atoms with Gasteiger partial charge in [0.1, 0.15) is 11.2 Å². The van der Waals surface area contributed by atoms with E-state index in [4.69, 9.17) is 4.42 Å². The molecule has 0 amide bonds. The van der Waals surface area contributed by atoms with Crippen LogP contribution in [0.4, 0.5) is 17.1 Å². The molecule has 0 unspecified atom stereocenters. The van der Waals surface area contributed by atoms with Crippen molar-refractivity contribution in [2.45, 2.75) is 19.3 Å². The maximum Gasteiger partial charge on any atom is 0.143 e. The van der Waals surface area contributed by atoms with Crippen LogP contribution in [0, 0.1) is 0 Å². The molecule has 63 heavy (non-hydrogen) atoms. The molecule has 1 aliphatic carbocycles. The highest BCUT2D eigenvalue weighted by Crippen LogP contribution is 2.52. The standard InChI is InChI=1S/C61H43NO/c1-61(2)57-37-46(40-13-5-3-6-14-40)31-35-51(57)52-36-34-49(38-58(52)61)62(47-15-7-4-8-16-47)48-32-29-44(30-33-48)42-23-21-41(22-24-42)43-25-27-45(28-26-43)55-39-56-53-18-11-12-20-59(53)63-60(56)54-19-10-9-17-50(54)55/h3-39H,1-2H3. The van der Waals surface area contributed by atoms with Crippen LogP contribution >= 0.6 is 0 Å². The van der Waals surface area contributed by atoms with Crippen LogP contribution in [-0.4, -0.2) is 0 Å². The summed E-state index contributed by atoms with van der Waals surface area (Å²) in [6, 6.07) is 81.5. The summed E-state index contributed by atoms with van der Waals surface area (Å²) >= 11 is 0. The van der Waals surface area contributed by atoms with Crippen molar-refractivity contribution in [3.05, 3.63) is 236 Å². The molecule has 2 nitrogen and oxygen atoms in total. The fourth-order valence-corrected chi connectivity index (χ4v) is 9.99. The number of rotatable bonds is 7. The van der Waals surface area contributed by atoms with Gasteiger partial charge in [0.05, 0.1) is 0 Å². The fraction of sp³-hybridized carbons (Fsp3) is 0.0492. The van der Waals surface area contributed by atoms with E-state index in [9.17, 15) is 0 Å². The number of para-hydroxylation sites is 2. The summed E-state index contributed by atoms with van der Waals surface area (Å²) < 4.78 is 6.37. The summed E-state index contributed by atoms with van der Waals surface area (Å²) in [5.41, 5.74) is 20.1. The van der Waals surface area contributed by atoms with Gasteiger partial charge in [0.15, 0.2) is 0 Å². The molecular weight excluding hydrogens is 763 g/mol. The first-order valence-corrected chi connectivity index (χ1v) is 21.8. The van der Waals surface area contributed by atoms with Crippen molar-refractivity contribution in [3.63, 3.8) is 0 Å². The van der Waals surface area contributed by atoms with Crippen LogP contribution in [0.25, 0.3) is 88.3 Å². The summed E-state index contributed by atoms with van der Waals surface area (Å²) in [6.45, 7) is 4.73. The van der Waals surface area contributed by atoms with Gasteiger partial charge in [0, 0.05) is 38.6 Å². The Kier molecular flexibility index (Phi) is 8.55. The Balaban J connectivity index is 0.827. The van der Waals surface area contributed by atoms with E-state index in [1.807, 2.05) is 6.07 Å². The third-order valence-electron chi connectivity index (χ3n) is 13.3. The monoisotopic (exact) mass is 805 g/mol. The van der Waals surface area contributed by atoms with Gasteiger partial charge in [-0.1, -0.05) is 184 Å². The molecule has 0 saturated heterocycles. The zero-order valence-electron chi connectivity index (χ0n) is 35.2. The quantitative estimate of drug-likeness (QED) is 0.160. The molecule has 0 bridgehead atoms. The van der Waals surface area contributed by atoms with Crippen LogP contribution in [0.5, 0.6) is 0 Å². The van der Waals surface area contributed by atoms with Gasteiger partial charge >= 0.3 is 0 Å². The minimum atomic E-state index is -0.147. The van der Waals surface area contributed by atoms with Crippen LogP contribution < -0.4 is 4.90 Å². The number of hydrogen-bond donors (Lipinski definition) is 0. The second kappa shape index (κ2) is 14.6. The van der Waals surface area contributed by atoms with Crippen LogP contribution in [0.15, 0.2) is 229 Å². The zero-order valence-corrected chi connectivity index (χ0v) is 35.2. The normalized spacial score (nSPS) is 12.7. The Hall–Kier alpha value is -7.94. The number of benzene rings is 10. The van der Waals surface area contributed by atoms with Crippen molar-refractivity contribution < 1.29 is 4.42 Å². The summed E-state index contributed by atoms with van der Waals surface area (Å²) in [5, 5.41) is 4.63. The summed E-state index contributed by atoms with van der Waals surface area (Å²) in [4.78, 5) is 2.38. The fourth-order valence-electron chi connectivity index (χ4n) is 9.99. The predicted octanol–water partition coefficient (Wildman–Crippen LogP) is 17.2. The van der Waals surface area contributed by atoms with Crippen molar-refractivity contribution in [1.82, 2.24) is 0 Å². The summed E-state index contributed by atoms with van der Waals surface area (Å²) in [7, 11) is 0. The highest BCUT2D eigenvalue weighted by molar-refractivity contribution is 6.19. The minimum absolute atomic E-state index is 0.147. The Bertz CT molecular complexity index is 3490. The van der Waals surface area contributed by atoms with E-state index in [0.717, 1.165) is 44.4 Å². The number of furan rings is 1. The maximum atomic E-state index is 6.37. The highest BCUT2D eigenvalue weighted by atomic mass is 16.3. The smallest absolute Gasteiger partial charge is 0.143 e. The van der Waals surface area contributed by atoms with Gasteiger partial charge in [-0.25, -0.2) is 0 Å². The molecule has 0 N–H and O–H groups in total. The third kappa shape index (κ3) is 6.17. The molecule has 1 aromatic heterocycles. The molecule has 298 valence electrons. The molecule has 0 radical (unpaired) electrons. The lowest BCUT2D eigenvalue weighted by molar-refractivity contribution is 0.660. The van der Waals surface area contributed by atoms with Gasteiger partial charge in [0.2, 0.25) is 0 Å². The topological polar surface area (TPSA) is 16.4 Å². The molecule has 0 aliphatic heterocycles. The number of nitrogens with zero attached hydrogens (tertiary/aromatic N) is 1. The van der Waals surface area contributed by atoms with Crippen molar-refractivity contribution in [2.75, 3.05) is 4.90 Å². The molecule has 12 rings (SSSR count). The zero-order chi connectivity index (χ0) is 42.1. The molecule has 2 heteroatoms. The van der Waals surface area contributed by atoms with E-state index in [0.29, 0.717) is 0 Å². The summed E-state index contributed by atoms with van der Waals surface area (Å²) in [6.07, 6.45) is 0. The molecule has 10 aromatic carbocycles. The Morgan fingerprint density at radius 1 is 0.317 bits per heavy atom. The molecule has 1 aliphatic rings. The second-order valence-corrected chi connectivity index (χ2v) is 17.3. The van der Waals surface area contributed by atoms with Crippen LogP contribution in [-0.2, 0) is 5.41 Å². The molecule has 0 fully saturated rings.